The number of hydrogen-bond donors (Lipinski definition) is 2. The number of anilines is 1. The summed E-state index contributed by atoms with van der Waals surface area (Å²) in [6.45, 7) is 10.6. The van der Waals surface area contributed by atoms with Gasteiger partial charge in [-0.15, -0.1) is 0 Å². The highest BCUT2D eigenvalue weighted by molar-refractivity contribution is 5.89. The van der Waals surface area contributed by atoms with Gasteiger partial charge in [0.15, 0.2) is 11.2 Å². The highest BCUT2D eigenvalue weighted by Gasteiger charge is 2.25. The minimum Gasteiger partial charge on any atom is -0.389 e. The summed E-state index contributed by atoms with van der Waals surface area (Å²) in [5.74, 6) is -0.305. The van der Waals surface area contributed by atoms with Gasteiger partial charge in [0.2, 0.25) is 5.95 Å². The molecule has 32 heavy (non-hydrogen) atoms. The minimum absolute atomic E-state index is 0.0110. The van der Waals surface area contributed by atoms with Crippen LogP contribution in [0.2, 0.25) is 0 Å². The van der Waals surface area contributed by atoms with Crippen molar-refractivity contribution in [2.45, 2.75) is 59.2 Å². The first-order valence-corrected chi connectivity index (χ1v) is 10.9. The number of rotatable bonds is 4. The second kappa shape index (κ2) is 8.60. The molecular formula is C24H29FN4O3. The van der Waals surface area contributed by atoms with Crippen LogP contribution in [-0.4, -0.2) is 45.0 Å². The molecule has 0 amide bonds. The Balaban J connectivity index is 1.87. The molecule has 0 aliphatic carbocycles. The van der Waals surface area contributed by atoms with Crippen LogP contribution in [0.4, 0.5) is 10.3 Å². The molecule has 0 spiro atoms. The van der Waals surface area contributed by atoms with Crippen LogP contribution in [0.25, 0.3) is 22.2 Å². The maximum Gasteiger partial charge on any atom is 0.223 e. The molecule has 2 aromatic heterocycles. The van der Waals surface area contributed by atoms with Crippen LogP contribution < -0.4 is 10.7 Å². The molecule has 3 aromatic rings. The number of benzene rings is 1. The second-order valence-corrected chi connectivity index (χ2v) is 8.71. The Bertz CT molecular complexity index is 1240. The molecule has 1 aromatic carbocycles. The topological polar surface area (TPSA) is 89.3 Å². The molecule has 1 saturated heterocycles. The van der Waals surface area contributed by atoms with E-state index in [0.717, 1.165) is 23.0 Å². The molecule has 0 bridgehead atoms. The van der Waals surface area contributed by atoms with E-state index in [1.165, 1.54) is 0 Å². The van der Waals surface area contributed by atoms with Crippen molar-refractivity contribution in [3.8, 4) is 11.3 Å². The number of nitrogens with one attached hydrogen (secondary N) is 1. The lowest BCUT2D eigenvalue weighted by Gasteiger charge is -2.28. The maximum absolute atomic E-state index is 14.9. The van der Waals surface area contributed by atoms with Gasteiger partial charge in [0.1, 0.15) is 5.69 Å². The third-order valence-corrected chi connectivity index (χ3v) is 6.32. The van der Waals surface area contributed by atoms with Crippen LogP contribution in [0.1, 0.15) is 43.1 Å². The van der Waals surface area contributed by atoms with Gasteiger partial charge in [-0.05, 0) is 52.7 Å². The van der Waals surface area contributed by atoms with Gasteiger partial charge in [0.25, 0.3) is 0 Å². The van der Waals surface area contributed by atoms with Crippen molar-refractivity contribution in [1.29, 1.82) is 0 Å². The standard InChI is InChI=1S/C24H29FN4O3/c1-12(2)29-15(5)13(3)23(31)17-7-6-16(14(4)22(17)29)21-18(25)10-26-24(28-21)27-19-8-9-32-11-20(19)30/h6-7,10,12,19-20,30H,8-9,11H2,1-5H3,(H,26,27,28)/t19-,20-/m1/s1. The van der Waals surface area contributed by atoms with E-state index in [2.05, 4.69) is 33.7 Å². The fourth-order valence-electron chi connectivity index (χ4n) is 4.49. The smallest absolute Gasteiger partial charge is 0.223 e. The lowest BCUT2D eigenvalue weighted by Crippen LogP contribution is -2.42. The number of aromatic nitrogens is 3. The number of aliphatic hydroxyl groups is 1. The fourth-order valence-corrected chi connectivity index (χ4v) is 4.49. The minimum atomic E-state index is -0.685. The number of nitrogens with zero attached hydrogens (tertiary/aromatic N) is 3. The van der Waals surface area contributed by atoms with Crippen molar-refractivity contribution in [3.63, 3.8) is 0 Å². The Morgan fingerprint density at radius 3 is 2.69 bits per heavy atom. The van der Waals surface area contributed by atoms with Crippen molar-refractivity contribution >= 4 is 16.9 Å². The fraction of sp³-hybridized carbons (Fsp3) is 0.458. The predicted molar refractivity (Wildman–Crippen MR) is 123 cm³/mol. The molecule has 2 atom stereocenters. The number of fused-ring (bicyclic) bond motifs is 1. The Kier molecular flexibility index (Phi) is 6.01. The monoisotopic (exact) mass is 440 g/mol. The van der Waals surface area contributed by atoms with Crippen LogP contribution >= 0.6 is 0 Å². The zero-order chi connectivity index (χ0) is 23.2. The van der Waals surface area contributed by atoms with Gasteiger partial charge in [-0.25, -0.2) is 14.4 Å². The lowest BCUT2D eigenvalue weighted by molar-refractivity contribution is -0.0136. The van der Waals surface area contributed by atoms with Crippen LogP contribution in [0, 0.1) is 26.6 Å². The summed E-state index contributed by atoms with van der Waals surface area (Å²) in [6.07, 6.45) is 1.05. The van der Waals surface area contributed by atoms with E-state index in [0.29, 0.717) is 29.5 Å². The Morgan fingerprint density at radius 2 is 2.00 bits per heavy atom. The molecule has 0 radical (unpaired) electrons. The summed E-state index contributed by atoms with van der Waals surface area (Å²) in [4.78, 5) is 21.4. The zero-order valence-corrected chi connectivity index (χ0v) is 19.1. The van der Waals surface area contributed by atoms with Crippen LogP contribution in [0.15, 0.2) is 23.1 Å². The van der Waals surface area contributed by atoms with E-state index in [-0.39, 0.29) is 35.8 Å². The normalized spacial score (nSPS) is 19.0. The summed E-state index contributed by atoms with van der Waals surface area (Å²) >= 11 is 0. The highest BCUT2D eigenvalue weighted by Crippen LogP contribution is 2.32. The van der Waals surface area contributed by atoms with Gasteiger partial charge in [-0.2, -0.15) is 0 Å². The SMILES string of the molecule is Cc1c(C)n(C(C)C)c2c(C)c(-c3nc(N[C@@H]4CCOC[C@H]4O)ncc3F)ccc2c1=O. The quantitative estimate of drug-likeness (QED) is 0.644. The van der Waals surface area contributed by atoms with E-state index in [4.69, 9.17) is 4.74 Å². The number of halogens is 1. The van der Waals surface area contributed by atoms with Crippen molar-refractivity contribution in [3.05, 3.63) is 51.2 Å². The molecule has 7 nitrogen and oxygen atoms in total. The molecule has 0 saturated carbocycles. The molecular weight excluding hydrogens is 411 g/mol. The van der Waals surface area contributed by atoms with E-state index in [1.807, 2.05) is 20.8 Å². The average molecular weight is 441 g/mol. The summed E-state index contributed by atoms with van der Waals surface area (Å²) in [6, 6.07) is 3.35. The number of pyridine rings is 1. The first kappa shape index (κ1) is 22.4. The largest absolute Gasteiger partial charge is 0.389 e. The molecule has 170 valence electrons. The highest BCUT2D eigenvalue weighted by atomic mass is 19.1. The second-order valence-electron chi connectivity index (χ2n) is 8.71. The Hall–Kier alpha value is -2.84. The van der Waals surface area contributed by atoms with E-state index in [9.17, 15) is 14.3 Å². The molecule has 1 aliphatic heterocycles. The van der Waals surface area contributed by atoms with Crippen molar-refractivity contribution in [1.82, 2.24) is 14.5 Å². The van der Waals surface area contributed by atoms with Crippen molar-refractivity contribution in [2.24, 2.45) is 0 Å². The molecule has 8 heteroatoms. The van der Waals surface area contributed by atoms with Gasteiger partial charge in [-0.3, -0.25) is 4.79 Å². The van der Waals surface area contributed by atoms with Crippen LogP contribution in [-0.2, 0) is 4.74 Å². The van der Waals surface area contributed by atoms with Gasteiger partial charge < -0.3 is 19.7 Å². The average Bonchev–Trinajstić information content (AvgIpc) is 2.76. The summed E-state index contributed by atoms with van der Waals surface area (Å²) in [5, 5.41) is 13.9. The van der Waals surface area contributed by atoms with Crippen molar-refractivity contribution < 1.29 is 14.2 Å². The molecule has 2 N–H and O–H groups in total. The first-order chi connectivity index (χ1) is 15.2. The predicted octanol–water partition coefficient (Wildman–Crippen LogP) is 3.67. The zero-order valence-electron chi connectivity index (χ0n) is 19.1. The summed E-state index contributed by atoms with van der Waals surface area (Å²) in [5.41, 5.74) is 3.94. The Morgan fingerprint density at radius 1 is 1.25 bits per heavy atom. The van der Waals surface area contributed by atoms with Gasteiger partial charge in [-0.1, -0.05) is 6.07 Å². The molecule has 4 rings (SSSR count). The van der Waals surface area contributed by atoms with Gasteiger partial charge >= 0.3 is 0 Å². The van der Waals surface area contributed by atoms with E-state index >= 15 is 0 Å². The molecule has 1 aliphatic rings. The van der Waals surface area contributed by atoms with E-state index in [1.54, 1.807) is 12.1 Å². The van der Waals surface area contributed by atoms with Gasteiger partial charge in [0, 0.05) is 34.9 Å². The number of hydrogen-bond acceptors (Lipinski definition) is 6. The van der Waals surface area contributed by atoms with Crippen LogP contribution in [0.3, 0.4) is 0 Å². The Labute approximate surface area is 186 Å². The van der Waals surface area contributed by atoms with Gasteiger partial charge in [0.05, 0.1) is 30.5 Å². The number of ether oxygens (including phenoxy) is 1. The molecule has 0 unspecified atom stereocenters. The third kappa shape index (κ3) is 3.78. The summed E-state index contributed by atoms with van der Waals surface area (Å²) < 4.78 is 22.3. The summed E-state index contributed by atoms with van der Waals surface area (Å²) in [7, 11) is 0. The number of aryl methyl sites for hydroxylation is 1. The molecule has 3 heterocycles. The van der Waals surface area contributed by atoms with Crippen LogP contribution in [0.5, 0.6) is 0 Å². The third-order valence-electron chi connectivity index (χ3n) is 6.32. The molecule has 1 fully saturated rings. The van der Waals surface area contributed by atoms with E-state index < -0.39 is 11.9 Å². The number of aliphatic hydroxyl groups excluding tert-OH is 1. The van der Waals surface area contributed by atoms with Crippen molar-refractivity contribution in [2.75, 3.05) is 18.5 Å². The maximum atomic E-state index is 14.9. The first-order valence-electron chi connectivity index (χ1n) is 10.9. The lowest BCUT2D eigenvalue weighted by atomic mass is 9.98.